The van der Waals surface area contributed by atoms with Crippen LogP contribution in [0.25, 0.3) is 5.70 Å². The molecule has 0 aliphatic carbocycles. The number of rotatable bonds is 8. The van der Waals surface area contributed by atoms with E-state index < -0.39 is 6.04 Å². The molecule has 6 aliphatic rings. The molecule has 282 valence electrons. The lowest BCUT2D eigenvalue weighted by Gasteiger charge is -2.49. The number of aromatic hydroxyl groups is 1. The van der Waals surface area contributed by atoms with Crippen molar-refractivity contribution in [3.63, 3.8) is 0 Å². The van der Waals surface area contributed by atoms with Crippen LogP contribution >= 0.6 is 0 Å². The SMILES string of the molecule is NC1=C(/C=C(\N)c2ccccc2O)N2CCN(C3CCN(CCN4CCN(c5ccc6c(c5)C(=O)N(C5CCC(=O)NC5=O)C6)CC4)CC3)CC2CN1. The van der Waals surface area contributed by atoms with Crippen LogP contribution in [0.1, 0.15) is 47.2 Å². The van der Waals surface area contributed by atoms with Crippen molar-refractivity contribution >= 4 is 29.1 Å². The molecule has 0 aromatic heterocycles. The molecule has 14 nitrogen and oxygen atoms in total. The van der Waals surface area contributed by atoms with E-state index in [0.29, 0.717) is 47.7 Å². The summed E-state index contributed by atoms with van der Waals surface area (Å²) < 4.78 is 0. The highest BCUT2D eigenvalue weighted by Gasteiger charge is 2.40. The maximum Gasteiger partial charge on any atom is 0.255 e. The molecule has 2 aromatic carbocycles. The van der Waals surface area contributed by atoms with Crippen LogP contribution in [0.3, 0.4) is 0 Å². The van der Waals surface area contributed by atoms with E-state index >= 15 is 0 Å². The Balaban J connectivity index is 0.773. The molecule has 6 aliphatic heterocycles. The summed E-state index contributed by atoms with van der Waals surface area (Å²) in [6, 6.07) is 13.5. The van der Waals surface area contributed by atoms with Crippen molar-refractivity contribution in [2.75, 3.05) is 83.4 Å². The zero-order chi connectivity index (χ0) is 36.6. The van der Waals surface area contributed by atoms with Crippen molar-refractivity contribution in [3.8, 4) is 5.75 Å². The highest BCUT2D eigenvalue weighted by Crippen LogP contribution is 2.32. The predicted molar refractivity (Wildman–Crippen MR) is 202 cm³/mol. The predicted octanol–water partition coefficient (Wildman–Crippen LogP) is 0.457. The van der Waals surface area contributed by atoms with Gasteiger partial charge in [-0.1, -0.05) is 18.2 Å². The fourth-order valence-electron chi connectivity index (χ4n) is 9.04. The van der Waals surface area contributed by atoms with Gasteiger partial charge in [-0.05, 0) is 68.3 Å². The van der Waals surface area contributed by atoms with Crippen LogP contribution in [0.15, 0.2) is 60.1 Å². The second-order valence-corrected chi connectivity index (χ2v) is 15.3. The molecule has 0 spiro atoms. The summed E-state index contributed by atoms with van der Waals surface area (Å²) >= 11 is 0. The van der Waals surface area contributed by atoms with Gasteiger partial charge in [0.2, 0.25) is 11.8 Å². The molecular weight excluding hydrogens is 672 g/mol. The maximum absolute atomic E-state index is 13.3. The number of nitrogens with zero attached hydrogens (tertiary/aromatic N) is 6. The molecule has 53 heavy (non-hydrogen) atoms. The average Bonchev–Trinajstić information content (AvgIpc) is 3.50. The molecule has 6 heterocycles. The van der Waals surface area contributed by atoms with Gasteiger partial charge in [0.15, 0.2) is 0 Å². The summed E-state index contributed by atoms with van der Waals surface area (Å²) in [5, 5.41) is 16.1. The molecule has 14 heteroatoms. The van der Waals surface area contributed by atoms with Gasteiger partial charge in [-0.25, -0.2) is 0 Å². The number of hydrogen-bond acceptors (Lipinski definition) is 12. The van der Waals surface area contributed by atoms with Crippen molar-refractivity contribution in [1.82, 2.24) is 35.1 Å². The van der Waals surface area contributed by atoms with E-state index in [9.17, 15) is 19.5 Å². The van der Waals surface area contributed by atoms with E-state index in [-0.39, 0.29) is 29.9 Å². The number of piperazine rings is 2. The number of nitrogens with two attached hydrogens (primary N) is 2. The molecule has 2 atom stereocenters. The van der Waals surface area contributed by atoms with Crippen LogP contribution in [-0.4, -0.2) is 144 Å². The first-order valence-corrected chi connectivity index (χ1v) is 19.2. The highest BCUT2D eigenvalue weighted by atomic mass is 16.3. The van der Waals surface area contributed by atoms with Gasteiger partial charge in [0.1, 0.15) is 17.6 Å². The lowest BCUT2D eigenvalue weighted by Crippen LogP contribution is -2.62. The third-order valence-corrected chi connectivity index (χ3v) is 12.2. The molecule has 4 fully saturated rings. The Morgan fingerprint density at radius 2 is 1.62 bits per heavy atom. The number of hydrogen-bond donors (Lipinski definition) is 5. The minimum atomic E-state index is -0.589. The van der Waals surface area contributed by atoms with Gasteiger partial charge in [-0.15, -0.1) is 0 Å². The van der Waals surface area contributed by atoms with Gasteiger partial charge >= 0.3 is 0 Å². The number of anilines is 1. The summed E-state index contributed by atoms with van der Waals surface area (Å²) in [6.07, 6.45) is 4.89. The van der Waals surface area contributed by atoms with Gasteiger partial charge in [-0.2, -0.15) is 0 Å². The number of nitrogens with one attached hydrogen (secondary N) is 2. The highest BCUT2D eigenvalue weighted by molar-refractivity contribution is 6.05. The van der Waals surface area contributed by atoms with Crippen LogP contribution < -0.4 is 27.0 Å². The third kappa shape index (κ3) is 7.27. The molecule has 2 aromatic rings. The van der Waals surface area contributed by atoms with Crippen LogP contribution in [0.4, 0.5) is 5.69 Å². The van der Waals surface area contributed by atoms with Gasteiger partial charge in [-0.3, -0.25) is 29.5 Å². The second kappa shape index (κ2) is 14.9. The van der Waals surface area contributed by atoms with Crippen LogP contribution in [0.2, 0.25) is 0 Å². The molecule has 8 rings (SSSR count). The molecule has 0 bridgehead atoms. The number of piperidine rings is 2. The van der Waals surface area contributed by atoms with Gasteiger partial charge in [0.25, 0.3) is 5.91 Å². The Kier molecular flexibility index (Phi) is 9.92. The lowest BCUT2D eigenvalue weighted by molar-refractivity contribution is -0.136. The van der Waals surface area contributed by atoms with Gasteiger partial charge in [0.05, 0.1) is 11.7 Å². The normalized spacial score (nSPS) is 25.4. The number of carbonyl (C=O) groups is 3. The van der Waals surface area contributed by atoms with E-state index in [1.807, 2.05) is 30.3 Å². The summed E-state index contributed by atoms with van der Waals surface area (Å²) in [5.41, 5.74) is 17.5. The number of imide groups is 1. The average molecular weight is 725 g/mol. The summed E-state index contributed by atoms with van der Waals surface area (Å²) in [4.78, 5) is 51.6. The number of carbonyl (C=O) groups excluding carboxylic acids is 3. The van der Waals surface area contributed by atoms with Crippen LogP contribution in [0, 0.1) is 0 Å². The zero-order valence-electron chi connectivity index (χ0n) is 30.4. The van der Waals surface area contributed by atoms with E-state index in [1.54, 1.807) is 17.0 Å². The smallest absolute Gasteiger partial charge is 0.255 e. The van der Waals surface area contributed by atoms with E-state index in [4.69, 9.17) is 11.5 Å². The molecule has 3 amide bonds. The Hall–Kier alpha value is -4.79. The van der Waals surface area contributed by atoms with E-state index in [0.717, 1.165) is 95.5 Å². The quantitative estimate of drug-likeness (QED) is 0.239. The number of phenols is 1. The fourth-order valence-corrected chi connectivity index (χ4v) is 9.04. The molecule has 0 radical (unpaired) electrons. The standard InChI is InChI=1S/C39H52N10O4/c40-32(30-3-1-2-4-35(30)50)22-34-37(41)42-23-29-25-47(19-20-48(29)34)27-9-11-44(12-10-27)13-14-45-15-17-46(18-16-45)28-6-5-26-24-49(39(53)31(26)21-28)33-7-8-36(51)43-38(33)52/h1-6,21-22,27,29,33,42,50H,7-20,23-25,40-41H2,(H,43,51,52)/b32-22-. The largest absolute Gasteiger partial charge is 0.507 e. The molecule has 7 N–H and O–H groups in total. The minimum Gasteiger partial charge on any atom is -0.507 e. The Labute approximate surface area is 311 Å². The molecule has 4 saturated heterocycles. The van der Waals surface area contributed by atoms with Crippen molar-refractivity contribution in [2.24, 2.45) is 11.5 Å². The number of benzene rings is 2. The number of phenolic OH excluding ortho intramolecular Hbond substituents is 1. The van der Waals surface area contributed by atoms with Crippen LogP contribution in [0.5, 0.6) is 5.75 Å². The Morgan fingerprint density at radius 3 is 2.38 bits per heavy atom. The molecular formula is C39H52N10O4. The molecule has 2 unspecified atom stereocenters. The number of fused-ring (bicyclic) bond motifs is 2. The fraction of sp³-hybridized carbons (Fsp3) is 0.513. The number of allylic oxidation sites excluding steroid dienone is 1. The first kappa shape index (κ1) is 35.3. The number of likely N-dealkylation sites (tertiary alicyclic amines) is 1. The van der Waals surface area contributed by atoms with Crippen molar-refractivity contribution in [3.05, 3.63) is 76.7 Å². The van der Waals surface area contributed by atoms with E-state index in [2.05, 4.69) is 41.2 Å². The zero-order valence-corrected chi connectivity index (χ0v) is 30.4. The minimum absolute atomic E-state index is 0.122. The van der Waals surface area contributed by atoms with Crippen LogP contribution in [-0.2, 0) is 16.1 Å². The maximum atomic E-state index is 13.3. The summed E-state index contributed by atoms with van der Waals surface area (Å²) in [5.74, 6) is 0.0210. The molecule has 0 saturated carbocycles. The van der Waals surface area contributed by atoms with Gasteiger partial charge in [0, 0.05) is 107 Å². The van der Waals surface area contributed by atoms with E-state index in [1.165, 1.54) is 12.8 Å². The first-order valence-electron chi connectivity index (χ1n) is 19.2. The third-order valence-electron chi connectivity index (χ3n) is 12.2. The lowest BCUT2D eigenvalue weighted by atomic mass is 9.99. The Morgan fingerprint density at radius 1 is 0.868 bits per heavy atom. The summed E-state index contributed by atoms with van der Waals surface area (Å²) in [7, 11) is 0. The number of amides is 3. The van der Waals surface area contributed by atoms with Crippen molar-refractivity contribution < 1.29 is 19.5 Å². The topological polar surface area (TPSA) is 167 Å². The van der Waals surface area contributed by atoms with Crippen molar-refractivity contribution in [2.45, 2.75) is 50.4 Å². The monoisotopic (exact) mass is 724 g/mol. The Bertz CT molecular complexity index is 1800. The van der Waals surface area contributed by atoms with Gasteiger partial charge < -0.3 is 41.5 Å². The second-order valence-electron chi connectivity index (χ2n) is 15.3. The summed E-state index contributed by atoms with van der Waals surface area (Å²) in [6.45, 7) is 12.2. The van der Waals surface area contributed by atoms with Crippen molar-refractivity contribution in [1.29, 1.82) is 0 Å². The first-order chi connectivity index (χ1) is 25.7. The number of para-hydroxylation sites is 1.